The Labute approximate surface area is 492 Å². The van der Waals surface area contributed by atoms with E-state index >= 15 is 0 Å². The summed E-state index contributed by atoms with van der Waals surface area (Å²) in [5.74, 6) is -2.46. The third kappa shape index (κ3) is 15.8. The van der Waals surface area contributed by atoms with Crippen LogP contribution in [-0.2, 0) is 76.0 Å². The van der Waals surface area contributed by atoms with E-state index in [-0.39, 0.29) is 0 Å². The van der Waals surface area contributed by atoms with Crippen molar-refractivity contribution in [2.24, 2.45) is 0 Å². The van der Waals surface area contributed by atoms with Crippen molar-refractivity contribution >= 4 is 17.7 Å². The Bertz CT molecular complexity index is 2180. The standard InChI is InChI=1S/C48H81N3O36/c1-11(58)49-21-28(65)37(17(7-55)76-42(21)74)83-43-22(50-12(2)59)29(66)38(18(8-56)80-43)85-48-36(73)41(27(64)20(82-48)10-75-45-33(70)30(67)24(61)14(4-52)78-45)87-47-35(72)32(69)39(19(9-57)81-47)84-44-23(51-13(3)60)40(26(63)16(6-54)77-44)86-46-34(71)31(68)25(62)15(5-53)79-46/h14-48,52-57,61-74H,4-10H2,1-3H3,(H,49,58)(H,50,59)(H,51,60)/t14-,15-,16-,17-,18-,19-,20-,21-,22-,23-,24-,25+,26-,27-,28-,29-,30+,31+,32-,33+,34-,35+,36+,37-,38-,39-,40-,41+,42-,43+,44+,45+,46+,47-,48+/m1/s1. The monoisotopic (exact) mass is 1280 g/mol. The molecule has 0 unspecified atom stereocenters. The van der Waals surface area contributed by atoms with Gasteiger partial charge in [-0.15, -0.1) is 0 Å². The summed E-state index contributed by atoms with van der Waals surface area (Å²) < 4.78 is 75.0. The van der Waals surface area contributed by atoms with Crippen LogP contribution >= 0.6 is 0 Å². The maximum Gasteiger partial charge on any atom is 0.217 e. The van der Waals surface area contributed by atoms with Crippen molar-refractivity contribution in [2.75, 3.05) is 46.2 Å². The molecule has 504 valence electrons. The fraction of sp³-hybridized carbons (Fsp3) is 0.938. The highest BCUT2D eigenvalue weighted by Crippen LogP contribution is 2.38. The van der Waals surface area contributed by atoms with Crippen molar-refractivity contribution in [1.82, 2.24) is 16.0 Å². The molecule has 87 heavy (non-hydrogen) atoms. The lowest BCUT2D eigenvalue weighted by molar-refractivity contribution is -0.391. The first-order valence-electron chi connectivity index (χ1n) is 27.6. The topological polar surface area (TPSA) is 612 Å². The number of hydrogen-bond acceptors (Lipinski definition) is 36. The highest BCUT2D eigenvalue weighted by Gasteiger charge is 2.59. The molecular weight excluding hydrogens is 1190 g/mol. The van der Waals surface area contributed by atoms with Gasteiger partial charge in [-0.25, -0.2) is 0 Å². The summed E-state index contributed by atoms with van der Waals surface area (Å²) in [6, 6.07) is -5.11. The minimum atomic E-state index is -2.37. The van der Waals surface area contributed by atoms with Gasteiger partial charge in [-0.05, 0) is 0 Å². The number of carbonyl (C=O) groups is 3. The molecule has 35 atom stereocenters. The lowest BCUT2D eigenvalue weighted by Gasteiger charge is -2.51. The molecule has 7 aliphatic rings. The van der Waals surface area contributed by atoms with Crippen LogP contribution in [0.25, 0.3) is 0 Å². The summed E-state index contributed by atoms with van der Waals surface area (Å²) in [5, 5.41) is 224. The van der Waals surface area contributed by atoms with Gasteiger partial charge in [-0.2, -0.15) is 0 Å². The molecule has 7 rings (SSSR count). The van der Waals surface area contributed by atoms with Gasteiger partial charge in [0.2, 0.25) is 17.7 Å². The van der Waals surface area contributed by atoms with Gasteiger partial charge in [0.25, 0.3) is 0 Å². The molecule has 7 aliphatic heterocycles. The number of carbonyl (C=O) groups excluding carboxylic acids is 3. The van der Waals surface area contributed by atoms with Crippen LogP contribution in [0.4, 0.5) is 0 Å². The van der Waals surface area contributed by atoms with Crippen molar-refractivity contribution in [3.8, 4) is 0 Å². The minimum Gasteiger partial charge on any atom is -0.394 e. The van der Waals surface area contributed by atoms with Gasteiger partial charge in [0.05, 0.1) is 46.2 Å². The molecule has 7 fully saturated rings. The van der Waals surface area contributed by atoms with Gasteiger partial charge < -0.3 is 180 Å². The summed E-state index contributed by atoms with van der Waals surface area (Å²) >= 11 is 0. The molecule has 7 saturated heterocycles. The van der Waals surface area contributed by atoms with E-state index in [1.807, 2.05) is 0 Å². The molecule has 39 heteroatoms. The Morgan fingerprint density at radius 2 is 0.621 bits per heavy atom. The van der Waals surface area contributed by atoms with Gasteiger partial charge in [-0.3, -0.25) is 14.4 Å². The van der Waals surface area contributed by atoms with E-state index in [2.05, 4.69) is 16.0 Å². The third-order valence-corrected chi connectivity index (χ3v) is 15.7. The fourth-order valence-corrected chi connectivity index (χ4v) is 11.1. The second-order valence-corrected chi connectivity index (χ2v) is 21.8. The van der Waals surface area contributed by atoms with Crippen molar-refractivity contribution in [2.45, 2.75) is 236 Å². The Hall–Kier alpha value is -2.91. The Morgan fingerprint density at radius 3 is 1.14 bits per heavy atom. The average Bonchev–Trinajstić information content (AvgIpc) is 1.09. The molecule has 0 aromatic heterocycles. The van der Waals surface area contributed by atoms with E-state index < -0.39 is 279 Å². The van der Waals surface area contributed by atoms with Crippen LogP contribution in [0.15, 0.2) is 0 Å². The molecule has 0 aliphatic carbocycles. The second kappa shape index (κ2) is 31.1. The maximum absolute atomic E-state index is 12.7. The van der Waals surface area contributed by atoms with Crippen molar-refractivity contribution in [1.29, 1.82) is 0 Å². The summed E-state index contributed by atoms with van der Waals surface area (Å²) in [6.45, 7) is -3.90. The van der Waals surface area contributed by atoms with Crippen LogP contribution in [0.1, 0.15) is 20.8 Å². The lowest BCUT2D eigenvalue weighted by Crippen LogP contribution is -2.70. The number of amides is 3. The van der Waals surface area contributed by atoms with Crippen molar-refractivity contribution in [3.63, 3.8) is 0 Å². The third-order valence-electron chi connectivity index (χ3n) is 15.7. The zero-order chi connectivity index (χ0) is 64.2. The molecular formula is C48H81N3O36. The van der Waals surface area contributed by atoms with Crippen LogP contribution in [-0.4, -0.2) is 381 Å². The number of rotatable bonds is 22. The van der Waals surface area contributed by atoms with Crippen LogP contribution in [0.3, 0.4) is 0 Å². The van der Waals surface area contributed by atoms with E-state index in [0.29, 0.717) is 0 Å². The van der Waals surface area contributed by atoms with Gasteiger partial charge in [-0.1, -0.05) is 0 Å². The van der Waals surface area contributed by atoms with Gasteiger partial charge in [0, 0.05) is 20.8 Å². The smallest absolute Gasteiger partial charge is 0.217 e. The first kappa shape index (κ1) is 71.5. The van der Waals surface area contributed by atoms with Gasteiger partial charge in [0.1, 0.15) is 171 Å². The highest BCUT2D eigenvalue weighted by molar-refractivity contribution is 5.74. The molecule has 3 amide bonds. The Balaban J connectivity index is 1.14. The van der Waals surface area contributed by atoms with Crippen molar-refractivity contribution < 1.29 is 178 Å². The van der Waals surface area contributed by atoms with Crippen LogP contribution in [0.2, 0.25) is 0 Å². The summed E-state index contributed by atoms with van der Waals surface area (Å²) in [7, 11) is 0. The van der Waals surface area contributed by atoms with E-state index in [1.54, 1.807) is 0 Å². The molecule has 0 saturated carbocycles. The minimum absolute atomic E-state index is 0.736. The fourth-order valence-electron chi connectivity index (χ4n) is 11.1. The van der Waals surface area contributed by atoms with E-state index in [0.717, 1.165) is 20.8 Å². The molecule has 0 aromatic rings. The molecule has 23 N–H and O–H groups in total. The SMILES string of the molecule is CC(=O)N[C@@H]1[C@@H](O)[C@H](O[C@@H]2O[C@H](CO)[C@@H](O[C@@H]3O[C@H](CO[C@H]4O[C@H](CO)[C@@H](O)[C@H](O)[C@@H]4O)[C@@H](O)[C@H](O[C@H]4O[C@H](CO)[C@@H](O[C@@H]5O[C@H](CO)[C@@H](O)[C@H](O[C@@H]6O[C@H](CO)[C@H](O)[C@H](O)[C@H]6O)[C@H]5NC(C)=O)[C@H](O)[C@@H]4O)[C@@H]3O)[C@H](O)[C@H]2NC(C)=O)[C@@H](CO)O[C@H]1O. The number of aliphatic hydroxyl groups is 20. The molecule has 0 spiro atoms. The molecule has 0 aromatic carbocycles. The molecule has 0 radical (unpaired) electrons. The quantitative estimate of drug-likeness (QED) is 0.0479. The zero-order valence-corrected chi connectivity index (χ0v) is 46.6. The van der Waals surface area contributed by atoms with E-state index in [1.165, 1.54) is 0 Å². The lowest BCUT2D eigenvalue weighted by atomic mass is 9.93. The summed E-state index contributed by atoms with van der Waals surface area (Å²) in [5.41, 5.74) is 0. The van der Waals surface area contributed by atoms with Crippen LogP contribution < -0.4 is 16.0 Å². The Morgan fingerprint density at radius 1 is 0.299 bits per heavy atom. The largest absolute Gasteiger partial charge is 0.394 e. The molecule has 0 bridgehead atoms. The maximum atomic E-state index is 12.7. The Kier molecular flexibility index (Phi) is 25.6. The number of hydrogen-bond donors (Lipinski definition) is 23. The summed E-state index contributed by atoms with van der Waals surface area (Å²) in [4.78, 5) is 37.3. The molecule has 39 nitrogen and oxygen atoms in total. The number of aliphatic hydroxyl groups excluding tert-OH is 20. The van der Waals surface area contributed by atoms with Crippen molar-refractivity contribution in [3.05, 3.63) is 0 Å². The van der Waals surface area contributed by atoms with Crippen LogP contribution in [0.5, 0.6) is 0 Å². The highest BCUT2D eigenvalue weighted by atomic mass is 16.8. The predicted octanol–water partition coefficient (Wildman–Crippen LogP) is -15.8. The predicted molar refractivity (Wildman–Crippen MR) is 267 cm³/mol. The van der Waals surface area contributed by atoms with E-state index in [4.69, 9.17) is 61.6 Å². The summed E-state index contributed by atoms with van der Waals surface area (Å²) in [6.07, 6.45) is -62.7. The number of ether oxygens (including phenoxy) is 13. The average molecular weight is 1280 g/mol. The van der Waals surface area contributed by atoms with E-state index in [9.17, 15) is 117 Å². The number of nitrogens with one attached hydrogen (secondary N) is 3. The first-order valence-corrected chi connectivity index (χ1v) is 27.6. The van der Waals surface area contributed by atoms with Crippen LogP contribution in [0, 0.1) is 0 Å². The second-order valence-electron chi connectivity index (χ2n) is 21.8. The first-order chi connectivity index (χ1) is 41.1. The normalized spacial score (nSPS) is 48.9. The van der Waals surface area contributed by atoms with Gasteiger partial charge >= 0.3 is 0 Å². The van der Waals surface area contributed by atoms with Gasteiger partial charge in [0.15, 0.2) is 44.0 Å². The zero-order valence-electron chi connectivity index (χ0n) is 46.6. The molecule has 7 heterocycles.